The molecule has 0 aliphatic carbocycles. The summed E-state index contributed by atoms with van der Waals surface area (Å²) in [7, 11) is 2.08. The maximum Gasteiger partial charge on any atom is 0.216 e. The Morgan fingerprint density at radius 3 is 2.42 bits per heavy atom. The van der Waals surface area contributed by atoms with Crippen LogP contribution in [-0.2, 0) is 7.05 Å². The Kier molecular flexibility index (Phi) is 3.17. The molecule has 0 saturated carbocycles. The third-order valence-electron chi connectivity index (χ3n) is 5.34. The number of aromatic nitrogens is 1. The summed E-state index contributed by atoms with van der Waals surface area (Å²) in [6, 6.07) is 21.4. The number of benzene rings is 3. The summed E-state index contributed by atoms with van der Waals surface area (Å²) in [5.74, 6) is 0. The minimum absolute atomic E-state index is 0.978. The van der Waals surface area contributed by atoms with Gasteiger partial charge in [0.2, 0.25) is 5.69 Å². The minimum atomic E-state index is 0.978. The molecule has 0 bridgehead atoms. The highest BCUT2D eigenvalue weighted by Gasteiger charge is 2.22. The van der Waals surface area contributed by atoms with Crippen molar-refractivity contribution < 1.29 is 8.98 Å². The number of furan rings is 1. The fourth-order valence-electron chi connectivity index (χ4n) is 4.14. The Morgan fingerprint density at radius 2 is 1.58 bits per heavy atom. The Balaban J connectivity index is 2.01. The van der Waals surface area contributed by atoms with Crippen LogP contribution in [-0.4, -0.2) is 0 Å². The molecule has 126 valence electrons. The van der Waals surface area contributed by atoms with Gasteiger partial charge in [0.25, 0.3) is 0 Å². The number of fused-ring (bicyclic) bond motifs is 5. The van der Waals surface area contributed by atoms with Gasteiger partial charge in [-0.25, -0.2) is 4.57 Å². The number of hydrogen-bond acceptors (Lipinski definition) is 1. The molecule has 0 radical (unpaired) electrons. The monoisotopic (exact) mass is 338 g/mol. The van der Waals surface area contributed by atoms with E-state index in [-0.39, 0.29) is 0 Å². The van der Waals surface area contributed by atoms with E-state index in [4.69, 9.17) is 4.42 Å². The lowest BCUT2D eigenvalue weighted by Crippen LogP contribution is -2.30. The van der Waals surface area contributed by atoms with Crippen LogP contribution < -0.4 is 4.57 Å². The fourth-order valence-corrected chi connectivity index (χ4v) is 4.14. The highest BCUT2D eigenvalue weighted by atomic mass is 16.3. The van der Waals surface area contributed by atoms with Crippen LogP contribution in [0.3, 0.4) is 0 Å². The van der Waals surface area contributed by atoms with Gasteiger partial charge in [0.1, 0.15) is 18.2 Å². The van der Waals surface area contributed by atoms with Crippen LogP contribution in [0.1, 0.15) is 11.1 Å². The molecule has 5 aromatic rings. The fraction of sp³-hybridized carbons (Fsp3) is 0.125. The predicted octanol–water partition coefficient (Wildman–Crippen LogP) is 5.85. The first-order chi connectivity index (χ1) is 12.6. The van der Waals surface area contributed by atoms with E-state index in [2.05, 4.69) is 92.3 Å². The van der Waals surface area contributed by atoms with Gasteiger partial charge in [-0.2, -0.15) is 0 Å². The van der Waals surface area contributed by atoms with Crippen LogP contribution in [0.15, 0.2) is 71.3 Å². The Hall–Kier alpha value is -3.13. The highest BCUT2D eigenvalue weighted by molar-refractivity contribution is 6.18. The lowest BCUT2D eigenvalue weighted by Gasteiger charge is -2.07. The highest BCUT2D eigenvalue weighted by Crippen LogP contribution is 2.41. The second-order valence-electron chi connectivity index (χ2n) is 7.05. The van der Waals surface area contributed by atoms with E-state index in [9.17, 15) is 0 Å². The molecule has 2 heterocycles. The molecule has 0 spiro atoms. The second-order valence-corrected chi connectivity index (χ2v) is 7.05. The zero-order valence-electron chi connectivity index (χ0n) is 15.2. The summed E-state index contributed by atoms with van der Waals surface area (Å²) < 4.78 is 8.71. The minimum Gasteiger partial charge on any atom is -0.454 e. The Labute approximate surface area is 152 Å². The first-order valence-corrected chi connectivity index (χ1v) is 8.94. The number of aryl methyl sites for hydroxylation is 3. The van der Waals surface area contributed by atoms with Crippen LogP contribution in [0.2, 0.25) is 0 Å². The van der Waals surface area contributed by atoms with Crippen LogP contribution in [0.4, 0.5) is 0 Å². The van der Waals surface area contributed by atoms with Crippen molar-refractivity contribution >= 4 is 32.7 Å². The number of hydrogen-bond donors (Lipinski definition) is 0. The van der Waals surface area contributed by atoms with Gasteiger partial charge in [-0.15, -0.1) is 0 Å². The summed E-state index contributed by atoms with van der Waals surface area (Å²) in [6.45, 7) is 4.34. The summed E-state index contributed by atoms with van der Waals surface area (Å²) in [4.78, 5) is 0. The molecular formula is C24H20NO+. The molecule has 0 amide bonds. The van der Waals surface area contributed by atoms with Crippen molar-refractivity contribution in [3.63, 3.8) is 0 Å². The van der Waals surface area contributed by atoms with Crippen molar-refractivity contribution in [1.29, 1.82) is 0 Å². The quantitative estimate of drug-likeness (QED) is 0.351. The van der Waals surface area contributed by atoms with Crippen molar-refractivity contribution in [1.82, 2.24) is 0 Å². The zero-order valence-corrected chi connectivity index (χ0v) is 15.2. The lowest BCUT2D eigenvalue weighted by molar-refractivity contribution is -0.660. The summed E-state index contributed by atoms with van der Waals surface area (Å²) in [5, 5.41) is 4.79. The second kappa shape index (κ2) is 5.43. The molecule has 26 heavy (non-hydrogen) atoms. The molecule has 0 unspecified atom stereocenters. The SMILES string of the molecule is Cc1cc(C)c2c(oc3c4ccccc4ccc32)c1-c1cccc[n+]1C. The molecule has 2 aromatic heterocycles. The molecule has 0 aliphatic rings. The summed E-state index contributed by atoms with van der Waals surface area (Å²) in [5.41, 5.74) is 6.80. The molecule has 0 N–H and O–H groups in total. The molecule has 0 fully saturated rings. The van der Waals surface area contributed by atoms with Gasteiger partial charge in [0.05, 0.1) is 5.56 Å². The predicted molar refractivity (Wildman–Crippen MR) is 107 cm³/mol. The number of pyridine rings is 1. The number of nitrogens with zero attached hydrogens (tertiary/aromatic N) is 1. The van der Waals surface area contributed by atoms with Gasteiger partial charge in [-0.05, 0) is 42.5 Å². The Bertz CT molecular complexity index is 1310. The largest absolute Gasteiger partial charge is 0.454 e. The average Bonchev–Trinajstić information content (AvgIpc) is 3.03. The van der Waals surface area contributed by atoms with Gasteiger partial charge in [-0.3, -0.25) is 0 Å². The van der Waals surface area contributed by atoms with E-state index >= 15 is 0 Å². The van der Waals surface area contributed by atoms with Gasteiger partial charge in [0.15, 0.2) is 6.20 Å². The molecular weight excluding hydrogens is 318 g/mol. The average molecular weight is 338 g/mol. The third kappa shape index (κ3) is 2.02. The van der Waals surface area contributed by atoms with Gasteiger partial charge in [0, 0.05) is 28.3 Å². The van der Waals surface area contributed by atoms with E-state index in [0.717, 1.165) is 11.2 Å². The van der Waals surface area contributed by atoms with Crippen molar-refractivity contribution in [3.05, 3.63) is 78.0 Å². The molecule has 2 nitrogen and oxygen atoms in total. The smallest absolute Gasteiger partial charge is 0.216 e. The van der Waals surface area contributed by atoms with Gasteiger partial charge >= 0.3 is 0 Å². The Morgan fingerprint density at radius 1 is 0.769 bits per heavy atom. The summed E-state index contributed by atoms with van der Waals surface area (Å²) in [6.07, 6.45) is 2.08. The van der Waals surface area contributed by atoms with Crippen LogP contribution in [0.5, 0.6) is 0 Å². The third-order valence-corrected chi connectivity index (χ3v) is 5.34. The van der Waals surface area contributed by atoms with Crippen molar-refractivity contribution in [2.45, 2.75) is 13.8 Å². The molecule has 0 saturated heterocycles. The first kappa shape index (κ1) is 15.2. The van der Waals surface area contributed by atoms with E-state index < -0.39 is 0 Å². The van der Waals surface area contributed by atoms with Crippen molar-refractivity contribution in [2.24, 2.45) is 7.05 Å². The van der Waals surface area contributed by atoms with E-state index in [1.165, 1.54) is 43.9 Å². The van der Waals surface area contributed by atoms with Crippen molar-refractivity contribution in [3.8, 4) is 11.3 Å². The number of rotatable bonds is 1. The van der Waals surface area contributed by atoms with Crippen LogP contribution in [0, 0.1) is 13.8 Å². The van der Waals surface area contributed by atoms with Gasteiger partial charge in [-0.1, -0.05) is 36.4 Å². The standard InChI is InChI=1S/C24H20NO/c1-15-14-16(2)22(20-10-6-7-13-25(20)3)24-21(15)19-12-11-17-8-4-5-9-18(17)23(19)26-24/h4-14H,1-3H3/q+1. The first-order valence-electron chi connectivity index (χ1n) is 8.94. The maximum atomic E-state index is 6.55. The van der Waals surface area contributed by atoms with Crippen LogP contribution >= 0.6 is 0 Å². The molecule has 2 heteroatoms. The van der Waals surface area contributed by atoms with Crippen LogP contribution in [0.25, 0.3) is 44.0 Å². The molecule has 3 aromatic carbocycles. The maximum absolute atomic E-state index is 6.55. The summed E-state index contributed by atoms with van der Waals surface area (Å²) >= 11 is 0. The molecule has 0 aliphatic heterocycles. The van der Waals surface area contributed by atoms with E-state index in [1.807, 2.05) is 0 Å². The lowest BCUT2D eigenvalue weighted by atomic mass is 9.96. The van der Waals surface area contributed by atoms with E-state index in [1.54, 1.807) is 0 Å². The topological polar surface area (TPSA) is 17.0 Å². The van der Waals surface area contributed by atoms with Crippen molar-refractivity contribution in [2.75, 3.05) is 0 Å². The normalized spacial score (nSPS) is 11.7. The van der Waals surface area contributed by atoms with Gasteiger partial charge < -0.3 is 4.42 Å². The zero-order chi connectivity index (χ0) is 17.8. The molecule has 5 rings (SSSR count). The van der Waals surface area contributed by atoms with E-state index in [0.29, 0.717) is 0 Å². The molecule has 0 atom stereocenters.